The van der Waals surface area contributed by atoms with Crippen molar-refractivity contribution in [1.29, 1.82) is 0 Å². The number of nitrogens with one attached hydrogen (secondary N) is 2. The fraction of sp³-hybridized carbons (Fsp3) is 0.636. The lowest BCUT2D eigenvalue weighted by Gasteiger charge is -2.12. The molecule has 0 bridgehead atoms. The van der Waals surface area contributed by atoms with Gasteiger partial charge in [-0.15, -0.1) is 0 Å². The molecule has 0 saturated heterocycles. The standard InChI is InChI=1S/C11H19N3O5/c1-7(5-10(17)18)4-8(15)13-11(19)12-6-9(16)14(2)3/h7H,4-6H2,1-3H3,(H,17,18)(H2,12,13,15,19). The van der Waals surface area contributed by atoms with E-state index in [1.807, 2.05) is 5.32 Å². The normalized spacial score (nSPS) is 11.3. The van der Waals surface area contributed by atoms with Crippen molar-refractivity contribution in [2.75, 3.05) is 20.6 Å². The molecule has 108 valence electrons. The smallest absolute Gasteiger partial charge is 0.321 e. The van der Waals surface area contributed by atoms with Gasteiger partial charge in [-0.05, 0) is 5.92 Å². The molecule has 0 rings (SSSR count). The van der Waals surface area contributed by atoms with Gasteiger partial charge in [0.25, 0.3) is 0 Å². The summed E-state index contributed by atoms with van der Waals surface area (Å²) in [5.74, 6) is -2.25. The first-order valence-electron chi connectivity index (χ1n) is 5.72. The number of carboxylic acids is 1. The Hall–Kier alpha value is -2.12. The molecular formula is C11H19N3O5. The fourth-order valence-corrected chi connectivity index (χ4v) is 1.22. The summed E-state index contributed by atoms with van der Waals surface area (Å²) in [6, 6.07) is -0.775. The van der Waals surface area contributed by atoms with Crippen molar-refractivity contribution in [1.82, 2.24) is 15.5 Å². The minimum Gasteiger partial charge on any atom is -0.481 e. The van der Waals surface area contributed by atoms with Crippen LogP contribution in [0.1, 0.15) is 19.8 Å². The largest absolute Gasteiger partial charge is 0.481 e. The SMILES string of the molecule is CC(CC(=O)O)CC(=O)NC(=O)NCC(=O)N(C)C. The van der Waals surface area contributed by atoms with Gasteiger partial charge in [-0.2, -0.15) is 0 Å². The van der Waals surface area contributed by atoms with Crippen LogP contribution in [0.3, 0.4) is 0 Å². The highest BCUT2D eigenvalue weighted by molar-refractivity contribution is 5.95. The Morgan fingerprint density at radius 1 is 1.16 bits per heavy atom. The van der Waals surface area contributed by atoms with Crippen LogP contribution >= 0.6 is 0 Å². The number of rotatable bonds is 6. The van der Waals surface area contributed by atoms with Crippen molar-refractivity contribution < 1.29 is 24.3 Å². The summed E-state index contributed by atoms with van der Waals surface area (Å²) in [6.07, 6.45) is -0.213. The minimum atomic E-state index is -0.999. The van der Waals surface area contributed by atoms with Gasteiger partial charge in [-0.1, -0.05) is 6.92 Å². The van der Waals surface area contributed by atoms with Crippen LogP contribution in [-0.4, -0.2) is 54.5 Å². The van der Waals surface area contributed by atoms with Crippen LogP contribution < -0.4 is 10.6 Å². The quantitative estimate of drug-likeness (QED) is 0.597. The topological polar surface area (TPSA) is 116 Å². The highest BCUT2D eigenvalue weighted by Gasteiger charge is 2.15. The third-order valence-corrected chi connectivity index (χ3v) is 2.21. The zero-order chi connectivity index (χ0) is 15.0. The number of carboxylic acid groups (broad SMARTS) is 1. The van der Waals surface area contributed by atoms with E-state index in [2.05, 4.69) is 5.32 Å². The molecule has 0 aliphatic carbocycles. The van der Waals surface area contributed by atoms with E-state index in [4.69, 9.17) is 5.11 Å². The summed E-state index contributed by atoms with van der Waals surface area (Å²) in [7, 11) is 3.08. The Bertz CT molecular complexity index is 367. The second-order valence-corrected chi connectivity index (χ2v) is 4.43. The molecule has 0 aromatic rings. The van der Waals surface area contributed by atoms with Crippen molar-refractivity contribution in [2.24, 2.45) is 5.92 Å². The maximum absolute atomic E-state index is 11.4. The zero-order valence-electron chi connectivity index (χ0n) is 11.2. The van der Waals surface area contributed by atoms with Crippen molar-refractivity contribution in [3.63, 3.8) is 0 Å². The molecule has 0 aromatic carbocycles. The molecular weight excluding hydrogens is 254 g/mol. The van der Waals surface area contributed by atoms with Crippen LogP contribution in [0.5, 0.6) is 0 Å². The second kappa shape index (κ2) is 8.06. The van der Waals surface area contributed by atoms with Gasteiger partial charge in [0.1, 0.15) is 0 Å². The molecule has 0 saturated carbocycles. The maximum atomic E-state index is 11.4. The minimum absolute atomic E-state index is 0.0681. The van der Waals surface area contributed by atoms with Crippen molar-refractivity contribution >= 4 is 23.8 Å². The summed E-state index contributed by atoms with van der Waals surface area (Å²) in [5.41, 5.74) is 0. The Morgan fingerprint density at radius 2 is 1.74 bits per heavy atom. The van der Waals surface area contributed by atoms with Crippen LogP contribution in [0.2, 0.25) is 0 Å². The second-order valence-electron chi connectivity index (χ2n) is 4.43. The van der Waals surface area contributed by atoms with Gasteiger partial charge in [0.05, 0.1) is 6.54 Å². The molecule has 8 nitrogen and oxygen atoms in total. The monoisotopic (exact) mass is 273 g/mol. The van der Waals surface area contributed by atoms with Crippen LogP contribution in [-0.2, 0) is 14.4 Å². The first-order valence-corrected chi connectivity index (χ1v) is 5.72. The lowest BCUT2D eigenvalue weighted by Crippen LogP contribution is -2.44. The molecule has 8 heteroatoms. The lowest BCUT2D eigenvalue weighted by atomic mass is 10.0. The highest BCUT2D eigenvalue weighted by Crippen LogP contribution is 2.06. The molecule has 0 spiro atoms. The Morgan fingerprint density at radius 3 is 2.21 bits per heavy atom. The van der Waals surface area contributed by atoms with Gasteiger partial charge in [-0.3, -0.25) is 19.7 Å². The number of carbonyl (C=O) groups is 4. The van der Waals surface area contributed by atoms with E-state index in [0.29, 0.717) is 0 Å². The van der Waals surface area contributed by atoms with Crippen molar-refractivity contribution in [3.8, 4) is 0 Å². The number of nitrogens with zero attached hydrogens (tertiary/aromatic N) is 1. The van der Waals surface area contributed by atoms with Crippen LogP contribution in [0, 0.1) is 5.92 Å². The number of hydrogen-bond acceptors (Lipinski definition) is 4. The third-order valence-electron chi connectivity index (χ3n) is 2.21. The van der Waals surface area contributed by atoms with Crippen molar-refractivity contribution in [2.45, 2.75) is 19.8 Å². The lowest BCUT2D eigenvalue weighted by molar-refractivity contribution is -0.138. The van der Waals surface area contributed by atoms with Gasteiger partial charge in [0, 0.05) is 26.9 Å². The molecule has 0 radical (unpaired) electrons. The summed E-state index contributed by atoms with van der Waals surface area (Å²) in [4.78, 5) is 45.5. The molecule has 1 atom stereocenters. The molecule has 3 N–H and O–H groups in total. The predicted octanol–water partition coefficient (Wildman–Crippen LogP) is -0.599. The highest BCUT2D eigenvalue weighted by atomic mass is 16.4. The van der Waals surface area contributed by atoms with Crippen LogP contribution in [0.15, 0.2) is 0 Å². The summed E-state index contributed by atoms with van der Waals surface area (Å²) in [5, 5.41) is 12.8. The number of amides is 4. The zero-order valence-corrected chi connectivity index (χ0v) is 11.2. The summed E-state index contributed by atoms with van der Waals surface area (Å²) in [6.45, 7) is 1.39. The molecule has 4 amide bonds. The van der Waals surface area contributed by atoms with E-state index in [-0.39, 0.29) is 31.2 Å². The molecule has 0 aliphatic rings. The Labute approximate surface area is 111 Å². The molecule has 0 heterocycles. The van der Waals surface area contributed by atoms with Gasteiger partial charge in [0.15, 0.2) is 0 Å². The van der Waals surface area contributed by atoms with Crippen LogP contribution in [0.25, 0.3) is 0 Å². The number of urea groups is 1. The van der Waals surface area contributed by atoms with Gasteiger partial charge >= 0.3 is 12.0 Å². The average molecular weight is 273 g/mol. The number of likely N-dealkylation sites (N-methyl/N-ethyl adjacent to an activating group) is 1. The van der Waals surface area contributed by atoms with E-state index in [9.17, 15) is 19.2 Å². The van der Waals surface area contributed by atoms with Crippen molar-refractivity contribution in [3.05, 3.63) is 0 Å². The molecule has 0 aromatic heterocycles. The van der Waals surface area contributed by atoms with E-state index in [1.54, 1.807) is 21.0 Å². The summed E-state index contributed by atoms with van der Waals surface area (Å²) >= 11 is 0. The van der Waals surface area contributed by atoms with Gasteiger partial charge < -0.3 is 15.3 Å². The first-order chi connectivity index (χ1) is 8.72. The molecule has 0 aliphatic heterocycles. The molecule has 19 heavy (non-hydrogen) atoms. The van der Waals surface area contributed by atoms with E-state index < -0.39 is 17.9 Å². The number of carbonyl (C=O) groups excluding carboxylic acids is 3. The van der Waals surface area contributed by atoms with E-state index in [1.165, 1.54) is 4.90 Å². The van der Waals surface area contributed by atoms with Crippen LogP contribution in [0.4, 0.5) is 4.79 Å². The predicted molar refractivity (Wildman–Crippen MR) is 66.3 cm³/mol. The first kappa shape index (κ1) is 16.9. The third kappa shape index (κ3) is 8.58. The van der Waals surface area contributed by atoms with Gasteiger partial charge in [0.2, 0.25) is 11.8 Å². The average Bonchev–Trinajstić information content (AvgIpc) is 2.23. The van der Waals surface area contributed by atoms with E-state index >= 15 is 0 Å². The number of imide groups is 1. The number of hydrogen-bond donors (Lipinski definition) is 3. The van der Waals surface area contributed by atoms with Gasteiger partial charge in [-0.25, -0.2) is 4.79 Å². The Kier molecular flexibility index (Phi) is 7.16. The Balaban J connectivity index is 3.96. The van der Waals surface area contributed by atoms with E-state index in [0.717, 1.165) is 0 Å². The fourth-order valence-electron chi connectivity index (χ4n) is 1.22. The summed E-state index contributed by atoms with van der Waals surface area (Å²) < 4.78 is 0. The number of aliphatic carboxylic acids is 1. The maximum Gasteiger partial charge on any atom is 0.321 e. The molecule has 1 unspecified atom stereocenters. The molecule has 0 fully saturated rings.